The quantitative estimate of drug-likeness (QED) is 0.333. The number of hydrogen-bond acceptors (Lipinski definition) is 10. The molecular formula is C25H27FN8O4S. The number of amides is 1. The molecule has 1 atom stereocenters. The first-order valence-corrected chi connectivity index (χ1v) is 13.7. The fourth-order valence-electron chi connectivity index (χ4n) is 4.38. The zero-order chi connectivity index (χ0) is 27.9. The summed E-state index contributed by atoms with van der Waals surface area (Å²) in [6.07, 6.45) is 0.642. The summed E-state index contributed by atoms with van der Waals surface area (Å²) in [6, 6.07) is 9.89. The number of anilines is 2. The largest absolute Gasteiger partial charge is 0.443 e. The van der Waals surface area contributed by atoms with Gasteiger partial charge in [-0.15, -0.1) is 0 Å². The molecule has 0 bridgehead atoms. The third-order valence-electron chi connectivity index (χ3n) is 5.99. The predicted octanol–water partition coefficient (Wildman–Crippen LogP) is 3.37. The molecule has 0 spiro atoms. The third-order valence-corrected chi connectivity index (χ3v) is 7.66. The van der Waals surface area contributed by atoms with Crippen molar-refractivity contribution in [3.8, 4) is 11.5 Å². The molecule has 3 aromatic heterocycles. The second-order valence-electron chi connectivity index (χ2n) is 10.0. The van der Waals surface area contributed by atoms with E-state index in [1.165, 1.54) is 6.07 Å². The maximum Gasteiger partial charge on any atom is 0.421 e. The minimum absolute atomic E-state index is 0.0811. The molecule has 204 valence electrons. The molecule has 39 heavy (non-hydrogen) atoms. The minimum Gasteiger partial charge on any atom is -0.443 e. The van der Waals surface area contributed by atoms with Crippen molar-refractivity contribution in [1.29, 1.82) is 0 Å². The van der Waals surface area contributed by atoms with E-state index < -0.39 is 27.0 Å². The Morgan fingerprint density at radius 1 is 1.23 bits per heavy atom. The Morgan fingerprint density at radius 2 is 2.00 bits per heavy atom. The van der Waals surface area contributed by atoms with E-state index in [2.05, 4.69) is 25.4 Å². The monoisotopic (exact) mass is 554 g/mol. The lowest BCUT2D eigenvalue weighted by atomic mass is 10.1. The number of hydrogen-bond donors (Lipinski definition) is 3. The average Bonchev–Trinajstić information content (AvgIpc) is 3.22. The van der Waals surface area contributed by atoms with E-state index in [0.717, 1.165) is 0 Å². The number of fused-ring (bicyclic) bond motifs is 2. The van der Waals surface area contributed by atoms with Crippen LogP contribution >= 0.6 is 0 Å². The Kier molecular flexibility index (Phi) is 6.58. The summed E-state index contributed by atoms with van der Waals surface area (Å²) in [7, 11) is -4.23. The van der Waals surface area contributed by atoms with Gasteiger partial charge in [-0.2, -0.15) is 5.10 Å². The second-order valence-corrected chi connectivity index (χ2v) is 11.9. The SMILES string of the molecule is CC(C)(C)OC(=O)NS(=O)(=O)C1CCNc2nc(-c3nn(Cc4ccccc4F)c4ncccc34)nc(N)c21. The van der Waals surface area contributed by atoms with Crippen molar-refractivity contribution in [3.05, 3.63) is 59.5 Å². The maximum absolute atomic E-state index is 14.3. The van der Waals surface area contributed by atoms with Crippen LogP contribution in [0.5, 0.6) is 0 Å². The van der Waals surface area contributed by atoms with E-state index in [-0.39, 0.29) is 48.4 Å². The molecule has 0 saturated carbocycles. The summed E-state index contributed by atoms with van der Waals surface area (Å²) in [4.78, 5) is 25.5. The first-order chi connectivity index (χ1) is 18.4. The van der Waals surface area contributed by atoms with Crippen molar-refractivity contribution in [3.63, 3.8) is 0 Å². The smallest absolute Gasteiger partial charge is 0.421 e. The number of benzene rings is 1. The van der Waals surface area contributed by atoms with Crippen LogP contribution in [-0.4, -0.2) is 51.4 Å². The summed E-state index contributed by atoms with van der Waals surface area (Å²) in [5.41, 5.74) is 6.83. The Morgan fingerprint density at radius 3 is 2.74 bits per heavy atom. The van der Waals surface area contributed by atoms with Gasteiger partial charge in [0.05, 0.1) is 17.5 Å². The van der Waals surface area contributed by atoms with E-state index in [9.17, 15) is 17.6 Å². The van der Waals surface area contributed by atoms with Crippen LogP contribution in [0.4, 0.5) is 20.8 Å². The van der Waals surface area contributed by atoms with Crippen molar-refractivity contribution in [1.82, 2.24) is 29.5 Å². The Balaban J connectivity index is 1.53. The average molecular weight is 555 g/mol. The fraction of sp³-hybridized carbons (Fsp3) is 0.320. The number of sulfonamides is 1. The summed E-state index contributed by atoms with van der Waals surface area (Å²) in [6.45, 7) is 5.26. The molecular weight excluding hydrogens is 527 g/mol. The van der Waals surface area contributed by atoms with E-state index in [1.54, 1.807) is 62.0 Å². The van der Waals surface area contributed by atoms with E-state index >= 15 is 0 Å². The summed E-state index contributed by atoms with van der Waals surface area (Å²) >= 11 is 0. The fourth-order valence-corrected chi connectivity index (χ4v) is 5.77. The number of nitrogen functional groups attached to an aromatic ring is 1. The van der Waals surface area contributed by atoms with Gasteiger partial charge in [0.2, 0.25) is 10.0 Å². The zero-order valence-electron chi connectivity index (χ0n) is 21.5. The molecule has 0 radical (unpaired) electrons. The number of nitrogens with zero attached hydrogens (tertiary/aromatic N) is 5. The molecule has 1 aliphatic heterocycles. The van der Waals surface area contributed by atoms with Gasteiger partial charge in [-0.25, -0.2) is 42.0 Å². The van der Waals surface area contributed by atoms with Gasteiger partial charge < -0.3 is 15.8 Å². The highest BCUT2D eigenvalue weighted by molar-refractivity contribution is 7.90. The van der Waals surface area contributed by atoms with Gasteiger partial charge in [-0.05, 0) is 45.4 Å². The topological polar surface area (TPSA) is 167 Å². The van der Waals surface area contributed by atoms with Crippen molar-refractivity contribution in [2.75, 3.05) is 17.6 Å². The van der Waals surface area contributed by atoms with Crippen LogP contribution in [0, 0.1) is 5.82 Å². The van der Waals surface area contributed by atoms with Gasteiger partial charge in [-0.1, -0.05) is 18.2 Å². The molecule has 14 heteroatoms. The molecule has 12 nitrogen and oxygen atoms in total. The molecule has 0 fully saturated rings. The number of nitrogens with two attached hydrogens (primary N) is 1. The minimum atomic E-state index is -4.23. The number of nitrogens with one attached hydrogen (secondary N) is 2. The second kappa shape index (κ2) is 9.76. The molecule has 0 aliphatic carbocycles. The number of carbonyl (C=O) groups excluding carboxylic acids is 1. The van der Waals surface area contributed by atoms with Crippen molar-refractivity contribution in [2.24, 2.45) is 0 Å². The first-order valence-electron chi connectivity index (χ1n) is 12.1. The number of ether oxygens (including phenoxy) is 1. The summed E-state index contributed by atoms with van der Waals surface area (Å²) < 4.78 is 49.2. The maximum atomic E-state index is 14.3. The van der Waals surface area contributed by atoms with Crippen molar-refractivity contribution < 1.29 is 22.3 Å². The van der Waals surface area contributed by atoms with Gasteiger partial charge in [0.1, 0.15) is 34.0 Å². The molecule has 5 rings (SSSR count). The van der Waals surface area contributed by atoms with E-state index in [0.29, 0.717) is 22.3 Å². The van der Waals surface area contributed by atoms with Gasteiger partial charge in [0.25, 0.3) is 0 Å². The van der Waals surface area contributed by atoms with Gasteiger partial charge >= 0.3 is 6.09 Å². The van der Waals surface area contributed by atoms with Crippen LogP contribution in [-0.2, 0) is 21.3 Å². The van der Waals surface area contributed by atoms with Gasteiger partial charge in [0.15, 0.2) is 11.5 Å². The number of aromatic nitrogens is 5. The number of rotatable bonds is 5. The molecule has 4 aromatic rings. The summed E-state index contributed by atoms with van der Waals surface area (Å²) in [5.74, 6) is -0.0991. The highest BCUT2D eigenvalue weighted by Crippen LogP contribution is 2.39. The Hall–Kier alpha value is -4.33. The van der Waals surface area contributed by atoms with Gasteiger partial charge in [-0.3, -0.25) is 0 Å². The molecule has 1 amide bonds. The molecule has 4 N–H and O–H groups in total. The lowest BCUT2D eigenvalue weighted by molar-refractivity contribution is 0.0569. The number of halogens is 1. The lowest BCUT2D eigenvalue weighted by Crippen LogP contribution is -2.40. The normalized spacial score (nSPS) is 15.4. The van der Waals surface area contributed by atoms with E-state index in [4.69, 9.17) is 10.5 Å². The molecule has 1 aliphatic rings. The van der Waals surface area contributed by atoms with Gasteiger partial charge in [0, 0.05) is 18.3 Å². The summed E-state index contributed by atoms with van der Waals surface area (Å²) in [5, 5.41) is 7.11. The lowest BCUT2D eigenvalue weighted by Gasteiger charge is -2.27. The van der Waals surface area contributed by atoms with E-state index in [1.807, 2.05) is 4.72 Å². The number of carbonyl (C=O) groups is 1. The van der Waals surface area contributed by atoms with Crippen LogP contribution < -0.4 is 15.8 Å². The molecule has 4 heterocycles. The highest BCUT2D eigenvalue weighted by Gasteiger charge is 2.37. The van der Waals surface area contributed by atoms with Crippen LogP contribution in [0.2, 0.25) is 0 Å². The first kappa shape index (κ1) is 26.3. The zero-order valence-corrected chi connectivity index (χ0v) is 22.3. The van der Waals surface area contributed by atoms with Crippen molar-refractivity contribution >= 4 is 38.8 Å². The third kappa shape index (κ3) is 5.32. The van der Waals surface area contributed by atoms with Crippen LogP contribution in [0.25, 0.3) is 22.6 Å². The Bertz CT molecular complexity index is 1680. The molecule has 0 saturated heterocycles. The predicted molar refractivity (Wildman–Crippen MR) is 143 cm³/mol. The highest BCUT2D eigenvalue weighted by atomic mass is 32.2. The van der Waals surface area contributed by atoms with Crippen LogP contribution in [0.15, 0.2) is 42.6 Å². The van der Waals surface area contributed by atoms with Crippen LogP contribution in [0.1, 0.15) is 43.6 Å². The Labute approximate surface area is 223 Å². The molecule has 1 aromatic carbocycles. The standard InChI is InChI=1S/C25H27FN8O4S/c1-25(2,3)38-24(35)33-39(36,37)17-10-12-28-21-18(17)20(27)30-22(31-21)19-15-8-6-11-29-23(15)34(32-19)13-14-7-4-5-9-16(14)26/h4-9,11,17H,10,12-13H2,1-3H3,(H,33,35)(H3,27,28,30,31). The molecule has 1 unspecified atom stereocenters. The number of pyridine rings is 1. The van der Waals surface area contributed by atoms with Crippen LogP contribution in [0.3, 0.4) is 0 Å². The van der Waals surface area contributed by atoms with Crippen molar-refractivity contribution in [2.45, 2.75) is 44.6 Å².